The summed E-state index contributed by atoms with van der Waals surface area (Å²) < 4.78 is 36.8. The number of aliphatic carboxylic acids is 1. The lowest BCUT2D eigenvalue weighted by molar-refractivity contribution is -0.164. The van der Waals surface area contributed by atoms with Crippen LogP contribution in [0.4, 0.5) is 13.2 Å². The first-order chi connectivity index (χ1) is 7.82. The number of hydrogen-bond acceptors (Lipinski definition) is 2. The lowest BCUT2D eigenvalue weighted by Crippen LogP contribution is -2.24. The SMILES string of the molecule is O=C(O)/C=C(\C(=O)C(F)(F)F)c1ccccc1. The molecule has 0 saturated heterocycles. The topological polar surface area (TPSA) is 54.4 Å². The van der Waals surface area contributed by atoms with Gasteiger partial charge in [-0.2, -0.15) is 13.2 Å². The zero-order chi connectivity index (χ0) is 13.1. The molecule has 0 spiro atoms. The Bertz CT molecular complexity index is 461. The van der Waals surface area contributed by atoms with Gasteiger partial charge in [0.25, 0.3) is 5.78 Å². The van der Waals surface area contributed by atoms with Gasteiger partial charge < -0.3 is 5.11 Å². The third kappa shape index (κ3) is 3.44. The highest BCUT2D eigenvalue weighted by Crippen LogP contribution is 2.26. The van der Waals surface area contributed by atoms with Crippen LogP contribution < -0.4 is 0 Å². The zero-order valence-corrected chi connectivity index (χ0v) is 8.36. The first kappa shape index (κ1) is 13.0. The van der Waals surface area contributed by atoms with Crippen molar-refractivity contribution in [2.45, 2.75) is 6.18 Å². The summed E-state index contributed by atoms with van der Waals surface area (Å²) in [4.78, 5) is 21.5. The Hall–Kier alpha value is -2.11. The minimum Gasteiger partial charge on any atom is -0.478 e. The molecule has 1 aromatic carbocycles. The van der Waals surface area contributed by atoms with Crippen molar-refractivity contribution in [2.75, 3.05) is 0 Å². The lowest BCUT2D eigenvalue weighted by atomic mass is 10.0. The molecule has 1 aromatic rings. The monoisotopic (exact) mass is 244 g/mol. The van der Waals surface area contributed by atoms with E-state index in [1.165, 1.54) is 24.3 Å². The van der Waals surface area contributed by atoms with Gasteiger partial charge in [0, 0.05) is 11.6 Å². The molecule has 0 radical (unpaired) electrons. The van der Waals surface area contributed by atoms with Crippen LogP contribution >= 0.6 is 0 Å². The Labute approximate surface area is 94.2 Å². The molecule has 1 rings (SSSR count). The fraction of sp³-hybridized carbons (Fsp3) is 0.0909. The number of benzene rings is 1. The summed E-state index contributed by atoms with van der Waals surface area (Å²) in [7, 11) is 0. The first-order valence-corrected chi connectivity index (χ1v) is 4.44. The molecule has 0 aliphatic rings. The lowest BCUT2D eigenvalue weighted by Gasteiger charge is -2.08. The van der Waals surface area contributed by atoms with Crippen molar-refractivity contribution in [2.24, 2.45) is 0 Å². The van der Waals surface area contributed by atoms with Crippen LogP contribution in [0.2, 0.25) is 0 Å². The Kier molecular flexibility index (Phi) is 3.67. The molecule has 17 heavy (non-hydrogen) atoms. The molecule has 0 aromatic heterocycles. The van der Waals surface area contributed by atoms with E-state index in [4.69, 9.17) is 5.11 Å². The van der Waals surface area contributed by atoms with Gasteiger partial charge in [0.05, 0.1) is 0 Å². The highest BCUT2D eigenvalue weighted by Gasteiger charge is 2.41. The van der Waals surface area contributed by atoms with Gasteiger partial charge in [0.2, 0.25) is 0 Å². The number of carbonyl (C=O) groups excluding carboxylic acids is 1. The van der Waals surface area contributed by atoms with Crippen molar-refractivity contribution in [3.8, 4) is 0 Å². The maximum Gasteiger partial charge on any atom is 0.454 e. The van der Waals surface area contributed by atoms with E-state index in [2.05, 4.69) is 0 Å². The third-order valence-electron chi connectivity index (χ3n) is 1.85. The van der Waals surface area contributed by atoms with Crippen molar-refractivity contribution < 1.29 is 27.9 Å². The summed E-state index contributed by atoms with van der Waals surface area (Å²) >= 11 is 0. The highest BCUT2D eigenvalue weighted by atomic mass is 19.4. The van der Waals surface area contributed by atoms with E-state index in [0.29, 0.717) is 0 Å². The molecule has 3 nitrogen and oxygen atoms in total. The number of rotatable bonds is 3. The van der Waals surface area contributed by atoms with Crippen LogP contribution in [0.5, 0.6) is 0 Å². The molecule has 0 aliphatic carbocycles. The predicted octanol–water partition coefficient (Wildman–Crippen LogP) is 2.29. The Morgan fingerprint density at radius 3 is 2.06 bits per heavy atom. The van der Waals surface area contributed by atoms with Crippen molar-refractivity contribution in [1.29, 1.82) is 0 Å². The molecule has 90 valence electrons. The van der Waals surface area contributed by atoms with Gasteiger partial charge in [-0.25, -0.2) is 4.79 Å². The van der Waals surface area contributed by atoms with Gasteiger partial charge in [0.1, 0.15) is 0 Å². The molecule has 0 heterocycles. The molecule has 0 amide bonds. The van der Waals surface area contributed by atoms with Gasteiger partial charge in [0.15, 0.2) is 0 Å². The van der Waals surface area contributed by atoms with Crippen molar-refractivity contribution >= 4 is 17.3 Å². The molecule has 0 fully saturated rings. The summed E-state index contributed by atoms with van der Waals surface area (Å²) in [6, 6.07) is 6.83. The summed E-state index contributed by atoms with van der Waals surface area (Å²) in [5.41, 5.74) is -0.970. The van der Waals surface area contributed by atoms with Gasteiger partial charge in [-0.1, -0.05) is 30.3 Å². The summed E-state index contributed by atoms with van der Waals surface area (Å²) in [5.74, 6) is -3.78. The van der Waals surface area contributed by atoms with E-state index in [9.17, 15) is 22.8 Å². The minimum atomic E-state index is -5.10. The number of halogens is 3. The Morgan fingerprint density at radius 2 is 1.65 bits per heavy atom. The summed E-state index contributed by atoms with van der Waals surface area (Å²) in [5, 5.41) is 8.46. The summed E-state index contributed by atoms with van der Waals surface area (Å²) in [6.07, 6.45) is -4.84. The number of ketones is 1. The molecular formula is C11H7F3O3. The second kappa shape index (κ2) is 4.82. The predicted molar refractivity (Wildman–Crippen MR) is 53.1 cm³/mol. The van der Waals surface area contributed by atoms with Crippen molar-refractivity contribution in [3.05, 3.63) is 42.0 Å². The number of alkyl halides is 3. The molecule has 1 N–H and O–H groups in total. The molecule has 0 atom stereocenters. The van der Waals surface area contributed by atoms with Crippen LogP contribution in [-0.4, -0.2) is 23.0 Å². The number of carboxylic acid groups (broad SMARTS) is 1. The van der Waals surface area contributed by atoms with E-state index >= 15 is 0 Å². The molecule has 0 aliphatic heterocycles. The number of hydrogen-bond donors (Lipinski definition) is 1. The molecule has 0 unspecified atom stereocenters. The van der Waals surface area contributed by atoms with Gasteiger partial charge in [-0.3, -0.25) is 4.79 Å². The average molecular weight is 244 g/mol. The fourth-order valence-corrected chi connectivity index (χ4v) is 1.17. The fourth-order valence-electron chi connectivity index (χ4n) is 1.17. The zero-order valence-electron chi connectivity index (χ0n) is 8.36. The largest absolute Gasteiger partial charge is 0.478 e. The second-order valence-electron chi connectivity index (χ2n) is 3.09. The number of allylic oxidation sites excluding steroid dienone is 1. The minimum absolute atomic E-state index is 0.0859. The van der Waals surface area contributed by atoms with Crippen LogP contribution in [0.3, 0.4) is 0 Å². The maximum atomic E-state index is 12.3. The highest BCUT2D eigenvalue weighted by molar-refractivity contribution is 6.26. The number of carboxylic acids is 1. The van der Waals surface area contributed by atoms with Gasteiger partial charge >= 0.3 is 12.1 Å². The number of Topliss-reactive ketones (excluding diaryl/α,β-unsaturated/α-hetero) is 1. The first-order valence-electron chi connectivity index (χ1n) is 4.44. The maximum absolute atomic E-state index is 12.3. The number of carbonyl (C=O) groups is 2. The molecular weight excluding hydrogens is 237 g/mol. The van der Waals surface area contributed by atoms with E-state index in [1.807, 2.05) is 0 Å². The Balaban J connectivity index is 3.25. The van der Waals surface area contributed by atoms with Crippen LogP contribution in [-0.2, 0) is 9.59 Å². The van der Waals surface area contributed by atoms with Crippen molar-refractivity contribution in [3.63, 3.8) is 0 Å². The average Bonchev–Trinajstić information content (AvgIpc) is 2.24. The van der Waals surface area contributed by atoms with Gasteiger partial charge in [-0.15, -0.1) is 0 Å². The summed E-state index contributed by atoms with van der Waals surface area (Å²) in [6.45, 7) is 0. The molecule has 6 heteroatoms. The van der Waals surface area contributed by atoms with Crippen LogP contribution in [0, 0.1) is 0 Å². The van der Waals surface area contributed by atoms with Crippen LogP contribution in [0.15, 0.2) is 36.4 Å². The normalized spacial score (nSPS) is 12.3. The van der Waals surface area contributed by atoms with E-state index < -0.39 is 23.5 Å². The van der Waals surface area contributed by atoms with Crippen molar-refractivity contribution in [1.82, 2.24) is 0 Å². The van der Waals surface area contributed by atoms with Gasteiger partial charge in [-0.05, 0) is 5.56 Å². The quantitative estimate of drug-likeness (QED) is 0.830. The molecule has 0 bridgehead atoms. The Morgan fingerprint density at radius 1 is 1.12 bits per heavy atom. The smallest absolute Gasteiger partial charge is 0.454 e. The third-order valence-corrected chi connectivity index (χ3v) is 1.85. The van der Waals surface area contributed by atoms with Crippen LogP contribution in [0.25, 0.3) is 5.57 Å². The van der Waals surface area contributed by atoms with E-state index in [1.54, 1.807) is 6.07 Å². The molecule has 0 saturated carbocycles. The standard InChI is InChI=1S/C11H7F3O3/c12-11(13,14)10(17)8(6-9(15)16)7-4-2-1-3-5-7/h1-6H,(H,15,16)/b8-6-. The second-order valence-corrected chi connectivity index (χ2v) is 3.09. The van der Waals surface area contributed by atoms with E-state index in [0.717, 1.165) is 0 Å². The van der Waals surface area contributed by atoms with E-state index in [-0.39, 0.29) is 11.6 Å². The van der Waals surface area contributed by atoms with Crippen LogP contribution in [0.1, 0.15) is 5.56 Å².